The molecule has 0 heterocycles. The van der Waals surface area contributed by atoms with Crippen LogP contribution >= 0.6 is 0 Å². The fourth-order valence-corrected chi connectivity index (χ4v) is 6.03. The molecule has 3 heteroatoms. The lowest BCUT2D eigenvalue weighted by atomic mass is 9.90. The van der Waals surface area contributed by atoms with Gasteiger partial charge in [-0.1, -0.05) is 33.1 Å². The lowest BCUT2D eigenvalue weighted by Gasteiger charge is -2.34. The first kappa shape index (κ1) is 15.5. The number of nitrogens with one attached hydrogen (secondary N) is 1. The largest absolute Gasteiger partial charge is 0.314 e. The minimum atomic E-state index is -0.580. The molecule has 5 unspecified atom stereocenters. The van der Waals surface area contributed by atoms with Gasteiger partial charge in [0.1, 0.15) is 0 Å². The smallest absolute Gasteiger partial charge is 0.0365 e. The van der Waals surface area contributed by atoms with Crippen molar-refractivity contribution < 1.29 is 4.21 Å². The third-order valence-corrected chi connectivity index (χ3v) is 7.02. The predicted molar refractivity (Wildman–Crippen MR) is 83.9 cm³/mol. The molecule has 2 saturated carbocycles. The van der Waals surface area contributed by atoms with Gasteiger partial charge in [-0.25, -0.2) is 0 Å². The minimum absolute atomic E-state index is 0.471. The fourth-order valence-electron chi connectivity index (χ4n) is 3.75. The maximum Gasteiger partial charge on any atom is 0.0365 e. The van der Waals surface area contributed by atoms with Gasteiger partial charge in [0.15, 0.2) is 0 Å². The molecule has 0 radical (unpaired) electrons. The van der Waals surface area contributed by atoms with Gasteiger partial charge in [0.25, 0.3) is 0 Å². The van der Waals surface area contributed by atoms with E-state index in [9.17, 15) is 4.21 Å². The molecule has 0 saturated heterocycles. The summed E-state index contributed by atoms with van der Waals surface area (Å²) in [5.74, 6) is 0.792. The average molecular weight is 285 g/mol. The summed E-state index contributed by atoms with van der Waals surface area (Å²) in [7, 11) is -0.580. The molecule has 19 heavy (non-hydrogen) atoms. The van der Waals surface area contributed by atoms with Crippen LogP contribution in [0.1, 0.15) is 71.6 Å². The van der Waals surface area contributed by atoms with Gasteiger partial charge >= 0.3 is 0 Å². The summed E-state index contributed by atoms with van der Waals surface area (Å²) in [6, 6.07) is 0.628. The molecule has 0 amide bonds. The molecule has 5 atom stereocenters. The number of rotatable bonds is 5. The Morgan fingerprint density at radius 2 is 1.74 bits per heavy atom. The highest BCUT2D eigenvalue weighted by Gasteiger charge is 2.32. The Bertz CT molecular complexity index is 294. The summed E-state index contributed by atoms with van der Waals surface area (Å²) < 4.78 is 12.8. The van der Waals surface area contributed by atoms with E-state index in [0.717, 1.165) is 18.9 Å². The van der Waals surface area contributed by atoms with Gasteiger partial charge in [0.05, 0.1) is 0 Å². The highest BCUT2D eigenvalue weighted by molar-refractivity contribution is 7.86. The molecule has 1 N–H and O–H groups in total. The zero-order valence-electron chi connectivity index (χ0n) is 12.7. The number of hydrogen-bond acceptors (Lipinski definition) is 2. The molecule has 2 aliphatic carbocycles. The molecule has 0 aliphatic heterocycles. The van der Waals surface area contributed by atoms with E-state index < -0.39 is 10.8 Å². The Hall–Kier alpha value is 0.110. The maximum absolute atomic E-state index is 12.8. The first-order valence-electron chi connectivity index (χ1n) is 8.33. The van der Waals surface area contributed by atoms with Gasteiger partial charge in [0, 0.05) is 27.3 Å². The SMILES string of the molecule is CCCNC1CCCC(S(=O)C2CCCC(C)C2)C1. The van der Waals surface area contributed by atoms with Crippen LogP contribution in [-0.2, 0) is 10.8 Å². The lowest BCUT2D eigenvalue weighted by molar-refractivity contribution is 0.365. The van der Waals surface area contributed by atoms with Crippen LogP contribution in [0.15, 0.2) is 0 Å². The van der Waals surface area contributed by atoms with Crippen molar-refractivity contribution in [2.45, 2.75) is 88.2 Å². The Balaban J connectivity index is 1.84. The van der Waals surface area contributed by atoms with E-state index in [1.165, 1.54) is 51.4 Å². The van der Waals surface area contributed by atoms with Crippen LogP contribution < -0.4 is 5.32 Å². The summed E-state index contributed by atoms with van der Waals surface area (Å²) in [6.45, 7) is 5.66. The van der Waals surface area contributed by atoms with Crippen LogP contribution in [0.3, 0.4) is 0 Å². The standard InChI is InChI=1S/C16H31NOS/c1-3-10-17-14-7-5-9-16(12-14)19(18)15-8-4-6-13(2)11-15/h13-17H,3-12H2,1-2H3. The highest BCUT2D eigenvalue weighted by atomic mass is 32.2. The molecular formula is C16H31NOS. The van der Waals surface area contributed by atoms with Crippen LogP contribution in [0.2, 0.25) is 0 Å². The summed E-state index contributed by atoms with van der Waals surface area (Å²) in [6.07, 6.45) is 11.1. The monoisotopic (exact) mass is 285 g/mol. The maximum atomic E-state index is 12.8. The van der Waals surface area contributed by atoms with Crippen LogP contribution in [0.25, 0.3) is 0 Å². The van der Waals surface area contributed by atoms with E-state index in [0.29, 0.717) is 16.5 Å². The van der Waals surface area contributed by atoms with Crippen LogP contribution in [0.5, 0.6) is 0 Å². The second-order valence-corrected chi connectivity index (χ2v) is 8.65. The van der Waals surface area contributed by atoms with Gasteiger partial charge in [-0.3, -0.25) is 4.21 Å². The quantitative estimate of drug-likeness (QED) is 0.836. The first-order chi connectivity index (χ1) is 9.20. The summed E-state index contributed by atoms with van der Waals surface area (Å²) in [5, 5.41) is 4.60. The zero-order chi connectivity index (χ0) is 13.7. The van der Waals surface area contributed by atoms with Gasteiger partial charge in [-0.15, -0.1) is 0 Å². The summed E-state index contributed by atoms with van der Waals surface area (Å²) in [5.41, 5.74) is 0. The molecule has 0 spiro atoms. The van der Waals surface area contributed by atoms with Crippen LogP contribution in [-0.4, -0.2) is 27.3 Å². The molecule has 2 nitrogen and oxygen atoms in total. The van der Waals surface area contributed by atoms with Crippen LogP contribution in [0.4, 0.5) is 0 Å². The van der Waals surface area contributed by atoms with Crippen molar-refractivity contribution >= 4 is 10.8 Å². The Kier molecular flexibility index (Phi) is 6.34. The molecule has 112 valence electrons. The predicted octanol–water partition coefficient (Wildman–Crippen LogP) is 3.62. The third kappa shape index (κ3) is 4.56. The van der Waals surface area contributed by atoms with Crippen molar-refractivity contribution in [1.29, 1.82) is 0 Å². The second kappa shape index (κ2) is 7.78. The molecule has 2 fully saturated rings. The van der Waals surface area contributed by atoms with E-state index in [4.69, 9.17) is 0 Å². The van der Waals surface area contributed by atoms with Gasteiger partial charge in [-0.2, -0.15) is 0 Å². The van der Waals surface area contributed by atoms with Crippen LogP contribution in [0, 0.1) is 5.92 Å². The topological polar surface area (TPSA) is 29.1 Å². The Morgan fingerprint density at radius 1 is 1.05 bits per heavy atom. The van der Waals surface area contributed by atoms with E-state index >= 15 is 0 Å². The number of hydrogen-bond donors (Lipinski definition) is 1. The van der Waals surface area contributed by atoms with Crippen molar-refractivity contribution in [3.05, 3.63) is 0 Å². The molecule has 0 aromatic heterocycles. The molecular weight excluding hydrogens is 254 g/mol. The molecule has 0 bridgehead atoms. The summed E-state index contributed by atoms with van der Waals surface area (Å²) in [4.78, 5) is 0. The second-order valence-electron chi connectivity index (χ2n) is 6.66. The van der Waals surface area contributed by atoms with Gasteiger partial charge < -0.3 is 5.32 Å². The molecule has 0 aromatic carbocycles. The molecule has 2 aliphatic rings. The molecule has 0 aromatic rings. The zero-order valence-corrected chi connectivity index (χ0v) is 13.5. The van der Waals surface area contributed by atoms with E-state index in [2.05, 4.69) is 19.2 Å². The minimum Gasteiger partial charge on any atom is -0.314 e. The normalized spacial score (nSPS) is 38.0. The van der Waals surface area contributed by atoms with Crippen molar-refractivity contribution in [1.82, 2.24) is 5.32 Å². The Morgan fingerprint density at radius 3 is 2.42 bits per heavy atom. The van der Waals surface area contributed by atoms with Crippen molar-refractivity contribution in [3.63, 3.8) is 0 Å². The van der Waals surface area contributed by atoms with Crippen molar-refractivity contribution in [2.75, 3.05) is 6.54 Å². The van der Waals surface area contributed by atoms with Crippen molar-refractivity contribution in [2.24, 2.45) is 5.92 Å². The highest BCUT2D eigenvalue weighted by Crippen LogP contribution is 2.32. The fraction of sp³-hybridized carbons (Fsp3) is 1.00. The van der Waals surface area contributed by atoms with Gasteiger partial charge in [-0.05, 0) is 51.0 Å². The third-order valence-electron chi connectivity index (χ3n) is 4.85. The molecule has 2 rings (SSSR count). The van der Waals surface area contributed by atoms with E-state index in [-0.39, 0.29) is 0 Å². The lowest BCUT2D eigenvalue weighted by Crippen LogP contribution is -2.40. The first-order valence-corrected chi connectivity index (χ1v) is 9.61. The average Bonchev–Trinajstić information content (AvgIpc) is 2.44. The Labute approximate surface area is 121 Å². The van der Waals surface area contributed by atoms with Crippen molar-refractivity contribution in [3.8, 4) is 0 Å². The van der Waals surface area contributed by atoms with E-state index in [1.807, 2.05) is 0 Å². The summed E-state index contributed by atoms with van der Waals surface area (Å²) >= 11 is 0. The van der Waals surface area contributed by atoms with Gasteiger partial charge in [0.2, 0.25) is 0 Å². The van der Waals surface area contributed by atoms with E-state index in [1.54, 1.807) is 0 Å².